The van der Waals surface area contributed by atoms with Gasteiger partial charge in [0.2, 0.25) is 5.91 Å². The molecule has 4 bridgehead atoms. The van der Waals surface area contributed by atoms with Crippen molar-refractivity contribution in [1.82, 2.24) is 10.6 Å². The van der Waals surface area contributed by atoms with E-state index in [0.29, 0.717) is 25.3 Å². The van der Waals surface area contributed by atoms with Gasteiger partial charge in [0.1, 0.15) is 0 Å². The van der Waals surface area contributed by atoms with Crippen molar-refractivity contribution in [2.24, 2.45) is 23.2 Å². The lowest BCUT2D eigenvalue weighted by atomic mass is 9.49. The molecule has 164 valence electrons. The van der Waals surface area contributed by atoms with Gasteiger partial charge in [-0.3, -0.25) is 9.59 Å². The Morgan fingerprint density at radius 1 is 1.00 bits per heavy atom. The number of amides is 2. The van der Waals surface area contributed by atoms with Gasteiger partial charge in [0.05, 0.1) is 6.10 Å². The molecule has 4 fully saturated rings. The van der Waals surface area contributed by atoms with Crippen molar-refractivity contribution in [2.45, 2.75) is 71.4 Å². The topological polar surface area (TPSA) is 67.4 Å². The van der Waals surface area contributed by atoms with Crippen molar-refractivity contribution in [3.05, 3.63) is 35.4 Å². The lowest BCUT2D eigenvalue weighted by Gasteiger charge is -2.55. The van der Waals surface area contributed by atoms with Crippen molar-refractivity contribution in [1.29, 1.82) is 0 Å². The summed E-state index contributed by atoms with van der Waals surface area (Å²) in [7, 11) is 0. The minimum absolute atomic E-state index is 0.0660. The van der Waals surface area contributed by atoms with E-state index in [9.17, 15) is 9.59 Å². The Kier molecular flexibility index (Phi) is 6.47. The van der Waals surface area contributed by atoms with E-state index in [1.807, 2.05) is 38.1 Å². The zero-order valence-corrected chi connectivity index (χ0v) is 18.4. The monoisotopic (exact) mass is 412 g/mol. The maximum Gasteiger partial charge on any atom is 0.251 e. The molecule has 0 aromatic heterocycles. The molecule has 0 aliphatic heterocycles. The SMILES string of the molecule is CC(C)OCCCNC(=O)c1ccc(CNC(=O)C23CC4CC(CC(C4)C2)C3)cc1. The summed E-state index contributed by atoms with van der Waals surface area (Å²) in [5, 5.41) is 6.14. The predicted octanol–water partition coefficient (Wildman–Crippen LogP) is 4.06. The summed E-state index contributed by atoms with van der Waals surface area (Å²) >= 11 is 0. The molecule has 5 heteroatoms. The zero-order valence-electron chi connectivity index (χ0n) is 18.4. The van der Waals surface area contributed by atoms with Gasteiger partial charge in [-0.25, -0.2) is 0 Å². The molecule has 0 saturated heterocycles. The van der Waals surface area contributed by atoms with E-state index >= 15 is 0 Å². The van der Waals surface area contributed by atoms with Crippen LogP contribution in [0.5, 0.6) is 0 Å². The van der Waals surface area contributed by atoms with Crippen molar-refractivity contribution < 1.29 is 14.3 Å². The van der Waals surface area contributed by atoms with Crippen molar-refractivity contribution in [2.75, 3.05) is 13.2 Å². The van der Waals surface area contributed by atoms with Gasteiger partial charge in [-0.15, -0.1) is 0 Å². The standard InChI is InChI=1S/C25H36N2O3/c1-17(2)30-9-3-8-26-23(28)22-6-4-18(5-7-22)16-27-24(29)25-13-19-10-20(14-25)12-21(11-19)15-25/h4-7,17,19-21H,3,8-16H2,1-2H3,(H,26,28)(H,27,29). The van der Waals surface area contributed by atoms with Crippen LogP contribution in [0.4, 0.5) is 0 Å². The van der Waals surface area contributed by atoms with E-state index in [4.69, 9.17) is 4.74 Å². The smallest absolute Gasteiger partial charge is 0.251 e. The molecule has 0 radical (unpaired) electrons. The zero-order chi connectivity index (χ0) is 21.1. The third-order valence-corrected chi connectivity index (χ3v) is 7.25. The lowest BCUT2D eigenvalue weighted by Crippen LogP contribution is -2.53. The predicted molar refractivity (Wildman–Crippen MR) is 117 cm³/mol. The molecule has 1 aromatic carbocycles. The van der Waals surface area contributed by atoms with E-state index in [1.54, 1.807) is 0 Å². The fraction of sp³-hybridized carbons (Fsp3) is 0.680. The molecule has 2 amide bonds. The number of hydrogen-bond donors (Lipinski definition) is 2. The van der Waals surface area contributed by atoms with E-state index in [-0.39, 0.29) is 23.3 Å². The minimum atomic E-state index is -0.103. The van der Waals surface area contributed by atoms with Crippen molar-refractivity contribution in [3.63, 3.8) is 0 Å². The fourth-order valence-corrected chi connectivity index (χ4v) is 6.23. The molecule has 2 N–H and O–H groups in total. The highest BCUT2D eigenvalue weighted by Crippen LogP contribution is 2.60. The van der Waals surface area contributed by atoms with Crippen LogP contribution in [0.1, 0.15) is 74.7 Å². The molecule has 5 nitrogen and oxygen atoms in total. The van der Waals surface area contributed by atoms with Crippen LogP contribution in [0.25, 0.3) is 0 Å². The quantitative estimate of drug-likeness (QED) is 0.601. The average molecular weight is 413 g/mol. The van der Waals surface area contributed by atoms with Gasteiger partial charge < -0.3 is 15.4 Å². The molecule has 5 rings (SSSR count). The molecule has 4 aliphatic carbocycles. The number of carbonyl (C=O) groups excluding carboxylic acids is 2. The van der Waals surface area contributed by atoms with Crippen LogP contribution in [-0.2, 0) is 16.1 Å². The van der Waals surface area contributed by atoms with Gasteiger partial charge in [-0.2, -0.15) is 0 Å². The van der Waals surface area contributed by atoms with Crippen molar-refractivity contribution >= 4 is 11.8 Å². The fourth-order valence-electron chi connectivity index (χ4n) is 6.23. The van der Waals surface area contributed by atoms with Gasteiger partial charge in [0, 0.05) is 30.7 Å². The van der Waals surface area contributed by atoms with Crippen LogP contribution >= 0.6 is 0 Å². The van der Waals surface area contributed by atoms with Crippen LogP contribution in [-0.4, -0.2) is 31.1 Å². The maximum atomic E-state index is 13.1. The van der Waals surface area contributed by atoms with Gasteiger partial charge in [0.25, 0.3) is 5.91 Å². The lowest BCUT2D eigenvalue weighted by molar-refractivity contribution is -0.146. The second-order valence-electron chi connectivity index (χ2n) is 10.1. The summed E-state index contributed by atoms with van der Waals surface area (Å²) < 4.78 is 5.48. The molecule has 1 aromatic rings. The third-order valence-electron chi connectivity index (χ3n) is 7.25. The largest absolute Gasteiger partial charge is 0.379 e. The third kappa shape index (κ3) is 4.88. The van der Waals surface area contributed by atoms with E-state index in [0.717, 1.165) is 49.0 Å². The number of nitrogens with one attached hydrogen (secondary N) is 2. The van der Waals surface area contributed by atoms with Gasteiger partial charge in [0.15, 0.2) is 0 Å². The highest BCUT2D eigenvalue weighted by atomic mass is 16.5. The Hall–Kier alpha value is -1.88. The number of ether oxygens (including phenoxy) is 1. The van der Waals surface area contributed by atoms with E-state index in [2.05, 4.69) is 10.6 Å². The Bertz CT molecular complexity index is 721. The van der Waals surface area contributed by atoms with Gasteiger partial charge >= 0.3 is 0 Å². The highest BCUT2D eigenvalue weighted by molar-refractivity contribution is 5.94. The minimum Gasteiger partial charge on any atom is -0.379 e. The first-order valence-corrected chi connectivity index (χ1v) is 11.7. The Balaban J connectivity index is 1.23. The molecular weight excluding hydrogens is 376 g/mol. The second kappa shape index (κ2) is 9.09. The number of carbonyl (C=O) groups is 2. The summed E-state index contributed by atoms with van der Waals surface area (Å²) in [5.74, 6) is 2.51. The van der Waals surface area contributed by atoms with Crippen LogP contribution < -0.4 is 10.6 Å². The summed E-state index contributed by atoms with van der Waals surface area (Å²) in [4.78, 5) is 25.3. The summed E-state index contributed by atoms with van der Waals surface area (Å²) in [6.07, 6.45) is 8.34. The molecule has 0 unspecified atom stereocenters. The number of hydrogen-bond acceptors (Lipinski definition) is 3. The molecule has 30 heavy (non-hydrogen) atoms. The van der Waals surface area contributed by atoms with Crippen molar-refractivity contribution in [3.8, 4) is 0 Å². The molecule has 4 aliphatic rings. The molecule has 0 heterocycles. The first-order valence-electron chi connectivity index (χ1n) is 11.7. The first-order chi connectivity index (χ1) is 14.4. The Morgan fingerprint density at radius 2 is 1.60 bits per heavy atom. The van der Waals surface area contributed by atoms with Crippen LogP contribution in [0, 0.1) is 23.2 Å². The highest BCUT2D eigenvalue weighted by Gasteiger charge is 2.54. The van der Waals surface area contributed by atoms with Gasteiger partial charge in [-0.05, 0) is 94.2 Å². The van der Waals surface area contributed by atoms with Crippen LogP contribution in [0.15, 0.2) is 24.3 Å². The van der Waals surface area contributed by atoms with Crippen LogP contribution in [0.3, 0.4) is 0 Å². The number of benzene rings is 1. The second-order valence-corrected chi connectivity index (χ2v) is 10.1. The van der Waals surface area contributed by atoms with Crippen LogP contribution in [0.2, 0.25) is 0 Å². The average Bonchev–Trinajstić information content (AvgIpc) is 2.70. The first kappa shape index (κ1) is 21.4. The molecule has 4 saturated carbocycles. The van der Waals surface area contributed by atoms with Gasteiger partial charge in [-0.1, -0.05) is 12.1 Å². The molecule has 0 spiro atoms. The number of rotatable bonds is 9. The Labute approximate surface area is 180 Å². The van der Waals surface area contributed by atoms with E-state index in [1.165, 1.54) is 19.3 Å². The summed E-state index contributed by atoms with van der Waals surface area (Å²) in [6.45, 7) is 5.81. The molecule has 0 atom stereocenters. The Morgan fingerprint density at radius 3 is 2.17 bits per heavy atom. The maximum absolute atomic E-state index is 13.1. The molecular formula is C25H36N2O3. The van der Waals surface area contributed by atoms with E-state index < -0.39 is 0 Å². The summed E-state index contributed by atoms with van der Waals surface area (Å²) in [5.41, 5.74) is 1.58. The summed E-state index contributed by atoms with van der Waals surface area (Å²) in [6, 6.07) is 7.56. The normalized spacial score (nSPS) is 29.2.